The van der Waals surface area contributed by atoms with Crippen molar-refractivity contribution >= 4 is 104 Å². The van der Waals surface area contributed by atoms with Crippen LogP contribution in [0.15, 0.2) is 92.4 Å². The van der Waals surface area contributed by atoms with Crippen LogP contribution in [0.3, 0.4) is 0 Å². The minimum Gasteiger partial charge on any atom is -0.747 e. The van der Waals surface area contributed by atoms with E-state index in [0.717, 1.165) is 72.8 Å². The number of fused-ring (bicyclic) bond motifs is 4. The van der Waals surface area contributed by atoms with Gasteiger partial charge in [0, 0.05) is 33.4 Å². The van der Waals surface area contributed by atoms with Crippen LogP contribution < -0.4 is 137 Å². The number of carbonyl (C=O) groups excluding carboxylic acids is 4. The van der Waals surface area contributed by atoms with E-state index in [1.54, 1.807) is 0 Å². The molecule has 0 radical (unpaired) electrons. The minimum absolute atomic E-state index is 0. The Kier molecular flexibility index (Phi) is 24.0. The zero-order chi connectivity index (χ0) is 51.4. The zero-order valence-electron chi connectivity index (χ0n) is 36.8. The standard InChI is InChI=1S/2C16H14N2O12S4.4Na/c2*19-15-11-2-1-3-13(34(29,30)18-8-32(24,25)26)14(11)16(20)10-5-4-9(6-12(10)15)33(27,28)17-7-31(21,22)23;;;;/h2*1-6,17-18H,7-8H2,(H,21,22,23)(H,24,25,26);;;;/q;;4*+1/p-4. The molecular weight excluding hydrogens is 1170 g/mol. The van der Waals surface area contributed by atoms with E-state index in [1.807, 2.05) is 0 Å². The van der Waals surface area contributed by atoms with Gasteiger partial charge in [-0.2, -0.15) is 18.9 Å². The van der Waals surface area contributed by atoms with Crippen molar-refractivity contribution in [2.75, 3.05) is 23.5 Å². The Morgan fingerprint density at radius 1 is 0.319 bits per heavy atom. The molecule has 6 rings (SSSR count). The topological polar surface area (TPSA) is 482 Å². The molecule has 0 bridgehead atoms. The fraction of sp³-hybridized carbons (Fsp3) is 0.125. The van der Waals surface area contributed by atoms with E-state index in [4.69, 9.17) is 0 Å². The van der Waals surface area contributed by atoms with Gasteiger partial charge in [-0.05, 0) is 48.5 Å². The first-order chi connectivity index (χ1) is 30.9. The molecule has 0 unspecified atom stereocenters. The summed E-state index contributed by atoms with van der Waals surface area (Å²) in [6, 6.07) is 11.0. The summed E-state index contributed by atoms with van der Waals surface area (Å²) in [6.45, 7) is 0. The van der Waals surface area contributed by atoms with Crippen molar-refractivity contribution in [2.45, 2.75) is 19.6 Å². The van der Waals surface area contributed by atoms with Crippen LogP contribution in [0.4, 0.5) is 0 Å². The van der Waals surface area contributed by atoms with Gasteiger partial charge >= 0.3 is 118 Å². The number of carbonyl (C=O) groups is 4. The summed E-state index contributed by atoms with van der Waals surface area (Å²) < 4.78 is 234. The quantitative estimate of drug-likeness (QED) is 0.0516. The van der Waals surface area contributed by atoms with Gasteiger partial charge in [-0.1, -0.05) is 24.3 Å². The monoisotopic (exact) mass is 1200 g/mol. The maximum Gasteiger partial charge on any atom is 1.00 e. The Balaban J connectivity index is 0.000000682. The fourth-order valence-electron chi connectivity index (χ4n) is 5.99. The third-order valence-corrected chi connectivity index (χ3v) is 17.3. The molecule has 2 aliphatic carbocycles. The predicted octanol–water partition coefficient (Wildman–Crippen LogP) is -15.9. The molecule has 28 nitrogen and oxygen atoms in total. The maximum absolute atomic E-state index is 13.0. The van der Waals surface area contributed by atoms with E-state index < -0.39 is 191 Å². The van der Waals surface area contributed by atoms with Crippen LogP contribution in [-0.2, 0) is 80.6 Å². The van der Waals surface area contributed by atoms with Crippen LogP contribution in [0.25, 0.3) is 0 Å². The first-order valence-electron chi connectivity index (χ1n) is 17.3. The summed E-state index contributed by atoms with van der Waals surface area (Å²) >= 11 is 0. The second-order valence-electron chi connectivity index (χ2n) is 13.5. The number of nitrogens with one attached hydrogen (secondary N) is 4. The van der Waals surface area contributed by atoms with Crippen molar-refractivity contribution in [3.63, 3.8) is 0 Å². The number of sulfonamides is 4. The predicted molar refractivity (Wildman–Crippen MR) is 219 cm³/mol. The minimum atomic E-state index is -5.00. The largest absolute Gasteiger partial charge is 1.00 e. The Bertz CT molecular complexity index is 3580. The van der Waals surface area contributed by atoms with Crippen molar-refractivity contribution in [2.24, 2.45) is 0 Å². The van der Waals surface area contributed by atoms with Crippen LogP contribution in [0.2, 0.25) is 0 Å². The van der Waals surface area contributed by atoms with Gasteiger partial charge in [0.05, 0.1) is 30.7 Å². The fourth-order valence-corrected chi connectivity index (χ4v) is 13.9. The number of hydrogen-bond acceptors (Lipinski definition) is 24. The number of hydrogen-bond donors (Lipinski definition) is 4. The van der Waals surface area contributed by atoms with Crippen molar-refractivity contribution in [1.82, 2.24) is 18.9 Å². The summed E-state index contributed by atoms with van der Waals surface area (Å²) in [7, 11) is -38.6. The number of benzene rings is 4. The molecule has 0 fully saturated rings. The molecule has 0 aliphatic heterocycles. The maximum atomic E-state index is 13.0. The van der Waals surface area contributed by atoms with E-state index in [9.17, 15) is 105 Å². The summed E-state index contributed by atoms with van der Waals surface area (Å²) in [6.07, 6.45) is 0. The molecule has 0 spiro atoms. The van der Waals surface area contributed by atoms with Gasteiger partial charge in [0.1, 0.15) is 64.0 Å². The van der Waals surface area contributed by atoms with Gasteiger partial charge in [-0.25, -0.2) is 67.3 Å². The van der Waals surface area contributed by atoms with Gasteiger partial charge in [0.2, 0.25) is 40.1 Å². The molecule has 4 aromatic carbocycles. The second-order valence-corrected chi connectivity index (χ2v) is 26.1. The van der Waals surface area contributed by atoms with Crippen LogP contribution in [0, 0.1) is 0 Å². The molecule has 72 heavy (non-hydrogen) atoms. The van der Waals surface area contributed by atoms with Crippen LogP contribution in [0.5, 0.6) is 0 Å². The van der Waals surface area contributed by atoms with E-state index in [1.165, 1.54) is 18.9 Å². The van der Waals surface area contributed by atoms with E-state index in [2.05, 4.69) is 0 Å². The molecule has 40 heteroatoms. The van der Waals surface area contributed by atoms with Crippen LogP contribution in [0.1, 0.15) is 63.7 Å². The normalized spacial score (nSPS) is 13.7. The molecule has 0 atom stereocenters. The number of rotatable bonds is 16. The smallest absolute Gasteiger partial charge is 0.747 e. The van der Waals surface area contributed by atoms with Crippen molar-refractivity contribution < 1.29 is 223 Å². The first-order valence-corrected chi connectivity index (χ1v) is 29.6. The van der Waals surface area contributed by atoms with Gasteiger partial charge in [0.25, 0.3) is 0 Å². The molecule has 0 saturated heterocycles. The van der Waals surface area contributed by atoms with Crippen LogP contribution in [-0.4, -0.2) is 132 Å². The molecular formula is C32H24N4Na4O24S8. The summed E-state index contributed by atoms with van der Waals surface area (Å²) in [5.41, 5.74) is -3.84. The third kappa shape index (κ3) is 16.9. The Hall–Kier alpha value is -1.16. The summed E-state index contributed by atoms with van der Waals surface area (Å²) in [5.74, 6) is -9.91. The molecule has 0 saturated carbocycles. The van der Waals surface area contributed by atoms with Crippen LogP contribution >= 0.6 is 0 Å². The molecule has 2 aliphatic rings. The SMILES string of the molecule is O=C1c2cc(S(=O)(=O)NCS(=O)(=O)[O-])ccc2C(=O)c2c1cccc2S(=O)(=O)NCS(=O)(=O)[O-].O=C1c2cc(S(=O)(=O)NCS(=O)(=O)[O-])ccc2C(=O)c2c1cccc2S(=O)(=O)NCS(=O)(=O)[O-].[Na+].[Na+].[Na+].[Na+]. The van der Waals surface area contributed by atoms with Gasteiger partial charge in [-0.15, -0.1) is 0 Å². The Morgan fingerprint density at radius 2 is 0.583 bits per heavy atom. The molecule has 0 heterocycles. The Labute approximate surface area is 499 Å². The molecule has 368 valence electrons. The number of ketones is 4. The van der Waals surface area contributed by atoms with Crippen molar-refractivity contribution in [3.05, 3.63) is 117 Å². The summed E-state index contributed by atoms with van der Waals surface area (Å²) in [4.78, 5) is 49.1. The van der Waals surface area contributed by atoms with Gasteiger partial charge in [-0.3, -0.25) is 19.2 Å². The Morgan fingerprint density at radius 3 is 0.847 bits per heavy atom. The van der Waals surface area contributed by atoms with E-state index in [0.29, 0.717) is 0 Å². The molecule has 4 N–H and O–H groups in total. The zero-order valence-corrected chi connectivity index (χ0v) is 51.4. The average molecular weight is 1200 g/mol. The van der Waals surface area contributed by atoms with E-state index in [-0.39, 0.29) is 118 Å². The average Bonchev–Trinajstić information content (AvgIpc) is 3.23. The molecule has 0 amide bonds. The van der Waals surface area contributed by atoms with Gasteiger partial charge < -0.3 is 18.2 Å². The van der Waals surface area contributed by atoms with Crippen molar-refractivity contribution in [1.29, 1.82) is 0 Å². The second kappa shape index (κ2) is 25.1. The first kappa shape index (κ1) is 68.9. The third-order valence-electron chi connectivity index (χ3n) is 8.86. The molecule has 0 aromatic heterocycles. The van der Waals surface area contributed by atoms with Gasteiger partial charge in [0.15, 0.2) is 23.1 Å². The summed E-state index contributed by atoms with van der Waals surface area (Å²) in [5, 5.41) is 0. The molecule has 4 aromatic rings. The van der Waals surface area contributed by atoms with Crippen molar-refractivity contribution in [3.8, 4) is 0 Å². The van der Waals surface area contributed by atoms with E-state index >= 15 is 0 Å².